The molecule has 2 rings (SSSR count). The van der Waals surface area contributed by atoms with Crippen LogP contribution < -0.4 is 17.1 Å². The third-order valence-corrected chi connectivity index (χ3v) is 2.80. The summed E-state index contributed by atoms with van der Waals surface area (Å²) in [6.45, 7) is 7.57. The van der Waals surface area contributed by atoms with Crippen LogP contribution in [-0.4, -0.2) is 44.4 Å². The average Bonchev–Trinajstić information content (AvgIpc) is 2.33. The molecule has 17 heavy (non-hydrogen) atoms. The molecule has 0 N–H and O–H groups in total. The van der Waals surface area contributed by atoms with Gasteiger partial charge in [-0.15, -0.1) is 0 Å². The molecule has 1 aliphatic heterocycles. The van der Waals surface area contributed by atoms with Gasteiger partial charge in [0.2, 0.25) is 0 Å². The van der Waals surface area contributed by atoms with E-state index in [1.807, 2.05) is 12.1 Å². The van der Waals surface area contributed by atoms with Crippen LogP contribution in [0.15, 0.2) is 24.3 Å². The van der Waals surface area contributed by atoms with Crippen molar-refractivity contribution < 1.29 is 21.9 Å². The van der Waals surface area contributed by atoms with E-state index in [9.17, 15) is 0 Å². The second-order valence-electron chi connectivity index (χ2n) is 4.12. The van der Waals surface area contributed by atoms with Crippen molar-refractivity contribution in [2.24, 2.45) is 0 Å². The third kappa shape index (κ3) is 4.94. The average molecular weight is 257 g/mol. The Morgan fingerprint density at radius 1 is 1.18 bits per heavy atom. The number of aryl methyl sites for hydroxylation is 1. The smallest absolute Gasteiger partial charge is 0.119 e. The molecule has 0 saturated carbocycles. The van der Waals surface area contributed by atoms with E-state index in [0.717, 1.165) is 45.2 Å². The topological polar surface area (TPSA) is 21.7 Å². The van der Waals surface area contributed by atoms with Crippen LogP contribution in [0.1, 0.15) is 5.56 Å². The Hall–Kier alpha value is -0.770. The largest absolute Gasteiger partial charge is 1.00 e. The lowest BCUT2D eigenvalue weighted by Crippen LogP contribution is -3.00. The lowest BCUT2D eigenvalue weighted by atomic mass is 10.2. The number of benzene rings is 1. The lowest BCUT2D eigenvalue weighted by Gasteiger charge is -2.26. The van der Waals surface area contributed by atoms with Crippen LogP contribution in [0.4, 0.5) is 0 Å². The summed E-state index contributed by atoms with van der Waals surface area (Å²) in [6, 6.07) is 8.19. The molecule has 96 valence electrons. The van der Waals surface area contributed by atoms with Crippen molar-refractivity contribution in [3.05, 3.63) is 29.8 Å². The molecule has 0 amide bonds. The molecule has 1 aliphatic rings. The molecule has 3 nitrogen and oxygen atoms in total. The standard InChI is InChI=1S/C13H19NO2.ClH/c1-12-2-4-13(5-3-12)16-11-8-14-6-9-15-10-7-14;/h2-5H,6-11H2,1H3;1H/p-1. The van der Waals surface area contributed by atoms with Crippen molar-refractivity contribution in [2.45, 2.75) is 6.92 Å². The van der Waals surface area contributed by atoms with Gasteiger partial charge in [0.05, 0.1) is 13.2 Å². The van der Waals surface area contributed by atoms with Crippen LogP contribution in [0.2, 0.25) is 0 Å². The quantitative estimate of drug-likeness (QED) is 0.669. The van der Waals surface area contributed by atoms with Gasteiger partial charge in [0.25, 0.3) is 0 Å². The molecule has 0 aliphatic carbocycles. The summed E-state index contributed by atoms with van der Waals surface area (Å²) in [4.78, 5) is 2.37. The zero-order chi connectivity index (χ0) is 11.2. The van der Waals surface area contributed by atoms with Crippen molar-refractivity contribution in [1.29, 1.82) is 0 Å². The lowest BCUT2D eigenvalue weighted by molar-refractivity contribution is -0.00000639. The van der Waals surface area contributed by atoms with E-state index in [1.54, 1.807) is 0 Å². The summed E-state index contributed by atoms with van der Waals surface area (Å²) in [5, 5.41) is 0. The number of hydrogen-bond acceptors (Lipinski definition) is 3. The SMILES string of the molecule is Cc1ccc(OCCN2CCOCC2)cc1.[Cl-]. The van der Waals surface area contributed by atoms with Gasteiger partial charge in [-0.05, 0) is 19.1 Å². The molecule has 0 spiro atoms. The number of ether oxygens (including phenoxy) is 2. The minimum atomic E-state index is 0. The minimum absolute atomic E-state index is 0. The fourth-order valence-corrected chi connectivity index (χ4v) is 1.75. The number of nitrogens with zero attached hydrogens (tertiary/aromatic N) is 1. The summed E-state index contributed by atoms with van der Waals surface area (Å²) in [5.74, 6) is 0.957. The molecule has 1 heterocycles. The molecule has 4 heteroatoms. The van der Waals surface area contributed by atoms with Crippen LogP contribution in [-0.2, 0) is 4.74 Å². The monoisotopic (exact) mass is 256 g/mol. The van der Waals surface area contributed by atoms with Gasteiger partial charge in [-0.2, -0.15) is 0 Å². The third-order valence-electron chi connectivity index (χ3n) is 2.80. The molecular weight excluding hydrogens is 238 g/mol. The first-order valence-corrected chi connectivity index (χ1v) is 5.84. The number of morpholine rings is 1. The highest BCUT2D eigenvalue weighted by atomic mass is 35.5. The fourth-order valence-electron chi connectivity index (χ4n) is 1.75. The first-order valence-electron chi connectivity index (χ1n) is 5.84. The Bertz CT molecular complexity index is 310. The van der Waals surface area contributed by atoms with E-state index >= 15 is 0 Å². The number of rotatable bonds is 4. The number of hydrogen-bond donors (Lipinski definition) is 0. The highest BCUT2D eigenvalue weighted by Crippen LogP contribution is 2.11. The molecule has 0 bridgehead atoms. The molecule has 1 fully saturated rings. The first kappa shape index (κ1) is 14.3. The van der Waals surface area contributed by atoms with Crippen LogP contribution in [0.25, 0.3) is 0 Å². The Morgan fingerprint density at radius 2 is 1.82 bits per heavy atom. The highest BCUT2D eigenvalue weighted by molar-refractivity contribution is 5.26. The highest BCUT2D eigenvalue weighted by Gasteiger charge is 2.09. The summed E-state index contributed by atoms with van der Waals surface area (Å²) in [7, 11) is 0. The van der Waals surface area contributed by atoms with Crippen molar-refractivity contribution >= 4 is 0 Å². The van der Waals surface area contributed by atoms with E-state index in [1.165, 1.54) is 5.56 Å². The second-order valence-corrected chi connectivity index (χ2v) is 4.12. The second kappa shape index (κ2) is 7.54. The molecule has 0 unspecified atom stereocenters. The van der Waals surface area contributed by atoms with Crippen molar-refractivity contribution in [3.8, 4) is 5.75 Å². The molecule has 1 aromatic rings. The van der Waals surface area contributed by atoms with Gasteiger partial charge >= 0.3 is 0 Å². The molecule has 0 aromatic heterocycles. The zero-order valence-electron chi connectivity index (χ0n) is 10.2. The molecular formula is C13H19ClNO2-. The van der Waals surface area contributed by atoms with E-state index in [2.05, 4.69) is 24.0 Å². The predicted octanol–water partition coefficient (Wildman–Crippen LogP) is -1.29. The van der Waals surface area contributed by atoms with Crippen molar-refractivity contribution in [2.75, 3.05) is 39.5 Å². The Labute approximate surface area is 109 Å². The maximum Gasteiger partial charge on any atom is 0.119 e. The van der Waals surface area contributed by atoms with Gasteiger partial charge in [-0.1, -0.05) is 17.7 Å². The van der Waals surface area contributed by atoms with Gasteiger partial charge in [0.15, 0.2) is 0 Å². The maximum absolute atomic E-state index is 5.68. The summed E-state index contributed by atoms with van der Waals surface area (Å²) < 4.78 is 11.0. The van der Waals surface area contributed by atoms with Crippen LogP contribution in [0.3, 0.4) is 0 Å². The first-order chi connectivity index (χ1) is 7.84. The van der Waals surface area contributed by atoms with Crippen molar-refractivity contribution in [1.82, 2.24) is 4.90 Å². The van der Waals surface area contributed by atoms with Gasteiger partial charge in [0.1, 0.15) is 12.4 Å². The Balaban J connectivity index is 0.00000144. The van der Waals surface area contributed by atoms with Crippen LogP contribution in [0.5, 0.6) is 5.75 Å². The maximum atomic E-state index is 5.68. The predicted molar refractivity (Wildman–Crippen MR) is 63.9 cm³/mol. The summed E-state index contributed by atoms with van der Waals surface area (Å²) in [6.07, 6.45) is 0. The van der Waals surface area contributed by atoms with E-state index in [0.29, 0.717) is 0 Å². The summed E-state index contributed by atoms with van der Waals surface area (Å²) >= 11 is 0. The van der Waals surface area contributed by atoms with E-state index in [-0.39, 0.29) is 12.4 Å². The van der Waals surface area contributed by atoms with Gasteiger partial charge in [0, 0.05) is 19.6 Å². The van der Waals surface area contributed by atoms with Gasteiger partial charge in [-0.25, -0.2) is 0 Å². The fraction of sp³-hybridized carbons (Fsp3) is 0.538. The zero-order valence-corrected chi connectivity index (χ0v) is 10.9. The van der Waals surface area contributed by atoms with Crippen LogP contribution in [0, 0.1) is 6.92 Å². The van der Waals surface area contributed by atoms with Crippen molar-refractivity contribution in [3.63, 3.8) is 0 Å². The normalized spacial score (nSPS) is 16.3. The van der Waals surface area contributed by atoms with Crippen LogP contribution >= 0.6 is 0 Å². The minimum Gasteiger partial charge on any atom is -1.00 e. The Morgan fingerprint density at radius 3 is 2.47 bits per heavy atom. The van der Waals surface area contributed by atoms with E-state index < -0.39 is 0 Å². The summed E-state index contributed by atoms with van der Waals surface area (Å²) in [5.41, 5.74) is 1.26. The molecule has 0 radical (unpaired) electrons. The van der Waals surface area contributed by atoms with E-state index in [4.69, 9.17) is 9.47 Å². The Kier molecular flexibility index (Phi) is 6.34. The molecule has 1 saturated heterocycles. The molecule has 0 atom stereocenters. The van der Waals surface area contributed by atoms with Gasteiger partial charge in [-0.3, -0.25) is 4.90 Å². The number of halogens is 1. The molecule has 1 aromatic carbocycles. The van der Waals surface area contributed by atoms with Gasteiger partial charge < -0.3 is 21.9 Å².